The maximum atomic E-state index is 9.94. The molecule has 1 fully saturated rings. The summed E-state index contributed by atoms with van der Waals surface area (Å²) in [6.07, 6.45) is 1.76. The summed E-state index contributed by atoms with van der Waals surface area (Å²) in [6, 6.07) is 14.0. The molecule has 2 aromatic heterocycles. The third kappa shape index (κ3) is 4.42. The zero-order valence-electron chi connectivity index (χ0n) is 15.3. The Morgan fingerprint density at radius 3 is 2.70 bits per heavy atom. The van der Waals surface area contributed by atoms with E-state index in [1.54, 1.807) is 0 Å². The molecule has 1 saturated heterocycles. The highest BCUT2D eigenvalue weighted by atomic mass is 35.5. The molecular weight excluding hydrogens is 364 g/mol. The molecule has 0 aliphatic carbocycles. The lowest BCUT2D eigenvalue weighted by Crippen LogP contribution is -2.30. The van der Waals surface area contributed by atoms with E-state index in [4.69, 9.17) is 9.52 Å². The van der Waals surface area contributed by atoms with Crippen molar-refractivity contribution in [3.63, 3.8) is 0 Å². The number of furan rings is 1. The number of halogens is 1. The van der Waals surface area contributed by atoms with Gasteiger partial charge < -0.3 is 20.2 Å². The number of aliphatic hydroxyl groups excluding tert-OH is 1. The molecule has 0 radical (unpaired) electrons. The van der Waals surface area contributed by atoms with Crippen LogP contribution in [0.15, 0.2) is 53.1 Å². The van der Waals surface area contributed by atoms with Gasteiger partial charge in [0.05, 0.1) is 11.8 Å². The average molecular weight is 389 g/mol. The lowest BCUT2D eigenvalue weighted by molar-refractivity contribution is 0.146. The van der Waals surface area contributed by atoms with Gasteiger partial charge in [-0.25, -0.2) is 4.68 Å². The van der Waals surface area contributed by atoms with Crippen molar-refractivity contribution in [1.82, 2.24) is 20.4 Å². The predicted molar refractivity (Wildman–Crippen MR) is 107 cm³/mol. The molecule has 1 aromatic carbocycles. The maximum absolute atomic E-state index is 9.94. The molecule has 3 heterocycles. The van der Waals surface area contributed by atoms with Crippen molar-refractivity contribution in [2.24, 2.45) is 5.92 Å². The Hall–Kier alpha value is -2.12. The average Bonchev–Trinajstić information content (AvgIpc) is 3.37. The first-order valence-corrected chi connectivity index (χ1v) is 9.01. The van der Waals surface area contributed by atoms with E-state index in [1.165, 1.54) is 0 Å². The maximum Gasteiger partial charge on any atom is 0.154 e. The minimum Gasteiger partial charge on any atom is -0.460 e. The molecule has 144 valence electrons. The van der Waals surface area contributed by atoms with Crippen LogP contribution in [0, 0.1) is 12.8 Å². The SMILES string of the molecule is Cc1ccc(-c2nn(-c3ccccc3)cc2CNCC2CNCC2O)o1.Cl. The Kier molecular flexibility index (Phi) is 6.34. The van der Waals surface area contributed by atoms with Crippen LogP contribution in [0.1, 0.15) is 11.3 Å². The molecule has 7 heteroatoms. The number of hydrogen-bond donors (Lipinski definition) is 3. The minimum absolute atomic E-state index is 0. The van der Waals surface area contributed by atoms with E-state index in [0.29, 0.717) is 13.1 Å². The van der Waals surface area contributed by atoms with Crippen molar-refractivity contribution < 1.29 is 9.52 Å². The minimum atomic E-state index is -0.276. The second-order valence-electron chi connectivity index (χ2n) is 6.81. The zero-order chi connectivity index (χ0) is 17.9. The van der Waals surface area contributed by atoms with E-state index in [0.717, 1.165) is 41.6 Å². The molecular formula is C20H25ClN4O2. The quantitative estimate of drug-likeness (QED) is 0.605. The number of rotatable bonds is 6. The highest BCUT2D eigenvalue weighted by Gasteiger charge is 2.24. The predicted octanol–water partition coefficient (Wildman–Crippen LogP) is 2.53. The van der Waals surface area contributed by atoms with Crippen LogP contribution in [-0.2, 0) is 6.54 Å². The Morgan fingerprint density at radius 2 is 2.04 bits per heavy atom. The lowest BCUT2D eigenvalue weighted by Gasteiger charge is -2.13. The molecule has 0 amide bonds. The summed E-state index contributed by atoms with van der Waals surface area (Å²) < 4.78 is 7.69. The third-order valence-electron chi connectivity index (χ3n) is 4.81. The number of nitrogens with zero attached hydrogens (tertiary/aromatic N) is 2. The van der Waals surface area contributed by atoms with Crippen LogP contribution in [0.4, 0.5) is 0 Å². The second kappa shape index (κ2) is 8.71. The van der Waals surface area contributed by atoms with Gasteiger partial charge in [0.2, 0.25) is 0 Å². The van der Waals surface area contributed by atoms with Crippen molar-refractivity contribution in [2.45, 2.75) is 19.6 Å². The van der Waals surface area contributed by atoms with Gasteiger partial charge in [0.1, 0.15) is 11.5 Å². The number of aliphatic hydroxyl groups is 1. The Balaban J connectivity index is 0.00000210. The third-order valence-corrected chi connectivity index (χ3v) is 4.81. The number of benzene rings is 1. The van der Waals surface area contributed by atoms with Crippen LogP contribution in [0.3, 0.4) is 0 Å². The Bertz CT molecular complexity index is 862. The van der Waals surface area contributed by atoms with Gasteiger partial charge in [-0.1, -0.05) is 18.2 Å². The number of β-amino-alcohol motifs (C(OH)–C–C–N with tert-alkyl or cyclic N) is 1. The van der Waals surface area contributed by atoms with Gasteiger partial charge in [-0.15, -0.1) is 12.4 Å². The molecule has 1 aliphatic rings. The van der Waals surface area contributed by atoms with Crippen LogP contribution in [-0.4, -0.2) is 40.6 Å². The molecule has 27 heavy (non-hydrogen) atoms. The fraction of sp³-hybridized carbons (Fsp3) is 0.350. The number of nitrogens with one attached hydrogen (secondary N) is 2. The zero-order valence-corrected chi connectivity index (χ0v) is 16.1. The van der Waals surface area contributed by atoms with Crippen LogP contribution >= 0.6 is 12.4 Å². The van der Waals surface area contributed by atoms with Crippen molar-refractivity contribution in [3.05, 3.63) is 60.0 Å². The molecule has 2 unspecified atom stereocenters. The molecule has 1 aliphatic heterocycles. The normalized spacial score (nSPS) is 19.2. The standard InChI is InChI=1S/C20H24N4O2.ClH/c1-14-7-8-19(26-14)20-16(11-21-9-15-10-22-12-18(15)25)13-24(23-20)17-5-3-2-4-6-17;/h2-8,13,15,18,21-22,25H,9-12H2,1H3;1H. The van der Waals surface area contributed by atoms with Gasteiger partial charge in [-0.2, -0.15) is 5.10 Å². The van der Waals surface area contributed by atoms with Crippen LogP contribution in [0.2, 0.25) is 0 Å². The lowest BCUT2D eigenvalue weighted by atomic mass is 10.1. The summed E-state index contributed by atoms with van der Waals surface area (Å²) in [4.78, 5) is 0. The van der Waals surface area contributed by atoms with Gasteiger partial charge in [0.15, 0.2) is 5.76 Å². The number of aryl methyl sites for hydroxylation is 1. The molecule has 0 spiro atoms. The van der Waals surface area contributed by atoms with Crippen molar-refractivity contribution in [1.29, 1.82) is 0 Å². The van der Waals surface area contributed by atoms with Crippen molar-refractivity contribution >= 4 is 12.4 Å². The number of para-hydroxylation sites is 1. The summed E-state index contributed by atoms with van der Waals surface area (Å²) >= 11 is 0. The molecule has 4 rings (SSSR count). The summed E-state index contributed by atoms with van der Waals surface area (Å²) in [5.74, 6) is 1.89. The summed E-state index contributed by atoms with van der Waals surface area (Å²) in [5.41, 5.74) is 2.93. The van der Waals surface area contributed by atoms with Gasteiger partial charge in [0.25, 0.3) is 0 Å². The topological polar surface area (TPSA) is 75.2 Å². The number of hydrogen-bond acceptors (Lipinski definition) is 5. The smallest absolute Gasteiger partial charge is 0.154 e. The molecule has 3 N–H and O–H groups in total. The van der Waals surface area contributed by atoms with Gasteiger partial charge in [0, 0.05) is 43.9 Å². The second-order valence-corrected chi connectivity index (χ2v) is 6.81. The molecule has 0 saturated carbocycles. The van der Waals surface area contributed by atoms with Crippen LogP contribution in [0.5, 0.6) is 0 Å². The van der Waals surface area contributed by atoms with Gasteiger partial charge in [-0.05, 0) is 31.2 Å². The summed E-state index contributed by atoms with van der Waals surface area (Å²) in [5, 5.41) is 21.4. The van der Waals surface area contributed by atoms with Crippen molar-refractivity contribution in [2.75, 3.05) is 19.6 Å². The molecule has 0 bridgehead atoms. The first-order chi connectivity index (χ1) is 12.7. The molecule has 3 aromatic rings. The van der Waals surface area contributed by atoms with Gasteiger partial charge >= 0.3 is 0 Å². The molecule has 6 nitrogen and oxygen atoms in total. The highest BCUT2D eigenvalue weighted by Crippen LogP contribution is 2.25. The van der Waals surface area contributed by atoms with E-state index in [1.807, 2.05) is 60.3 Å². The monoisotopic (exact) mass is 388 g/mol. The Labute approximate surface area is 165 Å². The van der Waals surface area contributed by atoms with Crippen molar-refractivity contribution in [3.8, 4) is 17.1 Å². The fourth-order valence-electron chi connectivity index (χ4n) is 3.34. The molecule has 2 atom stereocenters. The number of aromatic nitrogens is 2. The fourth-order valence-corrected chi connectivity index (χ4v) is 3.34. The van der Waals surface area contributed by atoms with E-state index in [-0.39, 0.29) is 24.4 Å². The van der Waals surface area contributed by atoms with E-state index < -0.39 is 0 Å². The van der Waals surface area contributed by atoms with Gasteiger partial charge in [-0.3, -0.25) is 0 Å². The summed E-state index contributed by atoms with van der Waals surface area (Å²) in [6.45, 7) is 4.90. The first-order valence-electron chi connectivity index (χ1n) is 9.01. The Morgan fingerprint density at radius 1 is 1.22 bits per heavy atom. The van der Waals surface area contributed by atoms with Crippen LogP contribution in [0.25, 0.3) is 17.1 Å². The highest BCUT2D eigenvalue weighted by molar-refractivity contribution is 5.85. The largest absolute Gasteiger partial charge is 0.460 e. The first kappa shape index (κ1) is 19.6. The van der Waals surface area contributed by atoms with E-state index in [9.17, 15) is 5.11 Å². The van der Waals surface area contributed by atoms with E-state index >= 15 is 0 Å². The van der Waals surface area contributed by atoms with Crippen LogP contribution < -0.4 is 10.6 Å². The summed E-state index contributed by atoms with van der Waals surface area (Å²) in [7, 11) is 0. The van der Waals surface area contributed by atoms with E-state index in [2.05, 4.69) is 10.6 Å².